The number of nitrogens with zero attached hydrogens (tertiary/aromatic N) is 2. The summed E-state index contributed by atoms with van der Waals surface area (Å²) in [6.07, 6.45) is 12.6. The zero-order valence-electron chi connectivity index (χ0n) is 25.9. The number of allylic oxidation sites excluding steroid dienone is 4. The maximum absolute atomic E-state index is 6.04. The first kappa shape index (κ1) is 28.7. The molecule has 0 fully saturated rings. The van der Waals surface area contributed by atoms with E-state index in [4.69, 9.17) is 11.6 Å². The Morgan fingerprint density at radius 1 is 0.609 bits per heavy atom. The third-order valence-corrected chi connectivity index (χ3v) is 10.3. The third kappa shape index (κ3) is 5.17. The van der Waals surface area contributed by atoms with Crippen LogP contribution in [-0.4, -0.2) is 6.17 Å². The molecule has 2 aliphatic carbocycles. The summed E-state index contributed by atoms with van der Waals surface area (Å²) in [5.74, 6) is 0. The molecule has 3 aliphatic rings. The molecule has 1 heterocycles. The monoisotopic (exact) mass is 616 g/mol. The van der Waals surface area contributed by atoms with Gasteiger partial charge in [0.1, 0.15) is 6.17 Å². The summed E-state index contributed by atoms with van der Waals surface area (Å²) >= 11 is 6.04. The van der Waals surface area contributed by atoms with E-state index >= 15 is 0 Å². The molecule has 0 saturated heterocycles. The highest BCUT2D eigenvalue weighted by Gasteiger charge is 2.45. The number of fused-ring (bicyclic) bond motifs is 1. The van der Waals surface area contributed by atoms with Gasteiger partial charge in [0.05, 0.1) is 11.4 Å². The molecule has 5 aromatic carbocycles. The van der Waals surface area contributed by atoms with Gasteiger partial charge in [-0.3, -0.25) is 0 Å². The average molecular weight is 617 g/mol. The summed E-state index contributed by atoms with van der Waals surface area (Å²) in [6, 6.07) is 48.4. The lowest BCUT2D eigenvalue weighted by Gasteiger charge is -2.47. The Morgan fingerprint density at radius 2 is 1.11 bits per heavy atom. The van der Waals surface area contributed by atoms with Crippen LogP contribution in [-0.2, 0) is 0 Å². The Balaban J connectivity index is 1.19. The highest BCUT2D eigenvalue weighted by atomic mass is 35.5. The number of hydrogen-bond acceptors (Lipinski definition) is 2. The van der Waals surface area contributed by atoms with Crippen molar-refractivity contribution in [3.63, 3.8) is 0 Å². The Morgan fingerprint density at radius 3 is 1.59 bits per heavy atom. The van der Waals surface area contributed by atoms with Crippen LogP contribution in [0.5, 0.6) is 0 Å². The van der Waals surface area contributed by atoms with Crippen molar-refractivity contribution in [3.8, 4) is 22.3 Å². The summed E-state index contributed by atoms with van der Waals surface area (Å²) in [6.45, 7) is 0. The average Bonchev–Trinajstić information content (AvgIpc) is 3.45. The molecule has 0 radical (unpaired) electrons. The molecule has 3 heteroatoms. The topological polar surface area (TPSA) is 6.48 Å². The van der Waals surface area contributed by atoms with Crippen LogP contribution in [0, 0.1) is 5.41 Å². The van der Waals surface area contributed by atoms with E-state index in [1.165, 1.54) is 57.0 Å². The van der Waals surface area contributed by atoms with Crippen LogP contribution < -0.4 is 9.80 Å². The minimum Gasteiger partial charge on any atom is -0.318 e. The predicted octanol–water partition coefficient (Wildman–Crippen LogP) is 12.2. The van der Waals surface area contributed by atoms with Crippen LogP contribution in [0.3, 0.4) is 0 Å². The Hall–Kier alpha value is -4.79. The number of para-hydroxylation sites is 2. The molecule has 2 nitrogen and oxygen atoms in total. The van der Waals surface area contributed by atoms with Crippen molar-refractivity contribution in [1.82, 2.24) is 0 Å². The minimum atomic E-state index is 0.101. The second-order valence-corrected chi connectivity index (χ2v) is 13.0. The van der Waals surface area contributed by atoms with Crippen molar-refractivity contribution >= 4 is 34.4 Å². The fourth-order valence-corrected chi connectivity index (χ4v) is 7.94. The van der Waals surface area contributed by atoms with Gasteiger partial charge in [0.25, 0.3) is 0 Å². The van der Waals surface area contributed by atoms with Crippen LogP contribution in [0.25, 0.3) is 22.3 Å². The normalized spacial score (nSPS) is 19.2. The number of benzene rings is 5. The van der Waals surface area contributed by atoms with Crippen LogP contribution in [0.2, 0.25) is 0 Å². The molecule has 0 saturated carbocycles. The van der Waals surface area contributed by atoms with Crippen molar-refractivity contribution in [2.75, 3.05) is 9.80 Å². The molecule has 0 bridgehead atoms. The van der Waals surface area contributed by atoms with Gasteiger partial charge in [-0.05, 0) is 95.8 Å². The molecule has 46 heavy (non-hydrogen) atoms. The van der Waals surface area contributed by atoms with Gasteiger partial charge in [-0.2, -0.15) is 0 Å². The molecule has 1 atom stereocenters. The standard InChI is InChI=1S/C43H37ClN2/c44-29-26-32-10-9-27-43(31-32)28-25-37(43)30-42-45(38-21-17-35(18-22-38)33-11-3-1-4-12-33)40-15-7-8-16-41(40)46(42)39-23-19-36(20-24-39)34-13-5-2-6-14-34/h1-8,10-26,29,42H,9,27-28,30-31H2/b29-26-. The smallest absolute Gasteiger partial charge is 0.115 e. The van der Waals surface area contributed by atoms with Crippen LogP contribution >= 0.6 is 11.6 Å². The summed E-state index contributed by atoms with van der Waals surface area (Å²) < 4.78 is 0. The van der Waals surface area contributed by atoms with E-state index in [2.05, 4.69) is 161 Å². The second-order valence-electron chi connectivity index (χ2n) is 12.7. The van der Waals surface area contributed by atoms with Crippen molar-refractivity contribution in [3.05, 3.63) is 168 Å². The van der Waals surface area contributed by atoms with Crippen LogP contribution in [0.4, 0.5) is 22.7 Å². The summed E-state index contributed by atoms with van der Waals surface area (Å²) in [7, 11) is 0. The quantitative estimate of drug-likeness (QED) is 0.168. The Kier molecular flexibility index (Phi) is 7.60. The molecule has 8 rings (SSSR count). The van der Waals surface area contributed by atoms with Gasteiger partial charge in [0.15, 0.2) is 0 Å². The molecule has 1 aliphatic heterocycles. The number of hydrogen-bond donors (Lipinski definition) is 0. The number of anilines is 4. The summed E-state index contributed by atoms with van der Waals surface area (Å²) in [5.41, 5.74) is 14.7. The SMILES string of the molecule is Cl/C=C\C1=CCCC2(CC=C2CC2N(c3ccc(-c4ccccc4)cc3)c3ccccc3N2c2ccc(-c3ccccc3)cc2)C1. The van der Waals surface area contributed by atoms with Gasteiger partial charge >= 0.3 is 0 Å². The van der Waals surface area contributed by atoms with Gasteiger partial charge < -0.3 is 9.80 Å². The fourth-order valence-electron chi connectivity index (χ4n) is 7.78. The maximum atomic E-state index is 6.04. The summed E-state index contributed by atoms with van der Waals surface area (Å²) in [4.78, 5) is 5.14. The van der Waals surface area contributed by atoms with Gasteiger partial charge in [0.2, 0.25) is 0 Å². The van der Waals surface area contributed by atoms with E-state index in [0.717, 1.165) is 25.7 Å². The second kappa shape index (κ2) is 12.2. The maximum Gasteiger partial charge on any atom is 0.115 e. The lowest BCUT2D eigenvalue weighted by Crippen LogP contribution is -2.42. The van der Waals surface area contributed by atoms with Gasteiger partial charge in [0, 0.05) is 23.3 Å². The fraction of sp³-hybridized carbons (Fsp3) is 0.163. The molecule has 0 amide bonds. The van der Waals surface area contributed by atoms with E-state index in [1.54, 1.807) is 11.1 Å². The lowest BCUT2D eigenvalue weighted by atomic mass is 9.59. The minimum absolute atomic E-state index is 0.101. The zero-order chi connectivity index (χ0) is 30.9. The Labute approximate surface area is 277 Å². The number of halogens is 1. The van der Waals surface area contributed by atoms with E-state index in [0.29, 0.717) is 0 Å². The molecular formula is C43H37ClN2. The number of rotatable bonds is 7. The largest absolute Gasteiger partial charge is 0.318 e. The molecule has 226 valence electrons. The van der Waals surface area contributed by atoms with Gasteiger partial charge in [-0.25, -0.2) is 0 Å². The molecule has 1 spiro atoms. The third-order valence-electron chi connectivity index (χ3n) is 10.2. The predicted molar refractivity (Wildman–Crippen MR) is 195 cm³/mol. The first-order valence-corrected chi connectivity index (χ1v) is 16.8. The van der Waals surface area contributed by atoms with Gasteiger partial charge in [-0.1, -0.05) is 132 Å². The first-order chi connectivity index (χ1) is 22.7. The Bertz CT molecular complexity index is 1810. The highest BCUT2D eigenvalue weighted by Crippen LogP contribution is 2.57. The van der Waals surface area contributed by atoms with E-state index in [9.17, 15) is 0 Å². The van der Waals surface area contributed by atoms with Crippen molar-refractivity contribution < 1.29 is 0 Å². The zero-order valence-corrected chi connectivity index (χ0v) is 26.7. The highest BCUT2D eigenvalue weighted by molar-refractivity contribution is 6.25. The molecule has 0 aromatic heterocycles. The molecule has 5 aromatic rings. The van der Waals surface area contributed by atoms with E-state index in [1.807, 2.05) is 0 Å². The van der Waals surface area contributed by atoms with Crippen molar-refractivity contribution in [2.24, 2.45) is 5.41 Å². The first-order valence-electron chi connectivity index (χ1n) is 16.4. The van der Waals surface area contributed by atoms with Crippen molar-refractivity contribution in [2.45, 2.75) is 38.3 Å². The van der Waals surface area contributed by atoms with Crippen molar-refractivity contribution in [1.29, 1.82) is 0 Å². The van der Waals surface area contributed by atoms with Crippen LogP contribution in [0.15, 0.2) is 168 Å². The van der Waals surface area contributed by atoms with E-state index in [-0.39, 0.29) is 11.6 Å². The van der Waals surface area contributed by atoms with Crippen LogP contribution in [0.1, 0.15) is 32.1 Å². The lowest BCUT2D eigenvalue weighted by molar-refractivity contribution is 0.265. The van der Waals surface area contributed by atoms with Gasteiger partial charge in [-0.15, -0.1) is 0 Å². The molecule has 0 N–H and O–H groups in total. The summed E-state index contributed by atoms with van der Waals surface area (Å²) in [5, 5.41) is 0. The molecule has 1 unspecified atom stereocenters. The molecular weight excluding hydrogens is 580 g/mol. The van der Waals surface area contributed by atoms with E-state index < -0.39 is 0 Å².